The van der Waals surface area contributed by atoms with E-state index in [0.717, 1.165) is 26.2 Å². The molecule has 6 nitrogen and oxygen atoms in total. The molecule has 0 rings (SSSR count). The van der Waals surface area contributed by atoms with E-state index in [9.17, 15) is 4.79 Å². The Bertz CT molecular complexity index is 315. The number of nitrogens with one attached hydrogen (secondary N) is 3. The number of carbonyl (C=O) groups excluding carboxylic acids is 1. The van der Waals surface area contributed by atoms with Crippen LogP contribution in [0.3, 0.4) is 0 Å². The first-order valence-corrected chi connectivity index (χ1v) is 7.90. The molecule has 124 valence electrons. The van der Waals surface area contributed by atoms with Crippen molar-refractivity contribution in [2.45, 2.75) is 40.2 Å². The van der Waals surface area contributed by atoms with Crippen molar-refractivity contribution in [3.05, 3.63) is 0 Å². The second-order valence-electron chi connectivity index (χ2n) is 5.64. The normalized spacial score (nSPS) is 11.1. The van der Waals surface area contributed by atoms with Crippen LogP contribution >= 0.6 is 12.2 Å². The average Bonchev–Trinajstić information content (AvgIpc) is 2.38. The van der Waals surface area contributed by atoms with E-state index in [1.54, 1.807) is 0 Å². The van der Waals surface area contributed by atoms with Gasteiger partial charge in [-0.25, -0.2) is 4.79 Å². The molecule has 0 fully saturated rings. The third kappa shape index (κ3) is 12.4. The van der Waals surface area contributed by atoms with Crippen LogP contribution < -0.4 is 16.0 Å². The summed E-state index contributed by atoms with van der Waals surface area (Å²) >= 11 is 5.16. The summed E-state index contributed by atoms with van der Waals surface area (Å²) in [5, 5.41) is 9.46. The SMILES string of the molecule is CCN(CC)CCNC(=S)NCCNC(=O)OC(C)(C)C. The van der Waals surface area contributed by atoms with Crippen molar-refractivity contribution in [1.82, 2.24) is 20.9 Å². The molecular weight excluding hydrogens is 288 g/mol. The third-order valence-electron chi connectivity index (χ3n) is 2.69. The fourth-order valence-electron chi connectivity index (χ4n) is 1.58. The third-order valence-corrected chi connectivity index (χ3v) is 2.98. The smallest absolute Gasteiger partial charge is 0.407 e. The minimum Gasteiger partial charge on any atom is -0.444 e. The first-order valence-electron chi connectivity index (χ1n) is 7.49. The van der Waals surface area contributed by atoms with Crippen molar-refractivity contribution in [3.63, 3.8) is 0 Å². The van der Waals surface area contributed by atoms with Crippen molar-refractivity contribution in [3.8, 4) is 0 Å². The van der Waals surface area contributed by atoms with E-state index in [0.29, 0.717) is 18.2 Å². The Hall–Kier alpha value is -1.08. The zero-order valence-electron chi connectivity index (χ0n) is 13.9. The molecular formula is C14H30N4O2S. The van der Waals surface area contributed by atoms with E-state index in [1.165, 1.54) is 0 Å². The highest BCUT2D eigenvalue weighted by molar-refractivity contribution is 7.80. The van der Waals surface area contributed by atoms with Crippen LogP contribution in [0, 0.1) is 0 Å². The molecule has 0 aliphatic carbocycles. The van der Waals surface area contributed by atoms with Gasteiger partial charge in [-0.05, 0) is 46.1 Å². The second-order valence-corrected chi connectivity index (χ2v) is 6.05. The summed E-state index contributed by atoms with van der Waals surface area (Å²) in [6.07, 6.45) is -0.412. The largest absolute Gasteiger partial charge is 0.444 e. The van der Waals surface area contributed by atoms with Crippen LogP contribution in [-0.4, -0.2) is 61.0 Å². The van der Waals surface area contributed by atoms with Gasteiger partial charge in [0, 0.05) is 26.2 Å². The summed E-state index contributed by atoms with van der Waals surface area (Å²) < 4.78 is 5.13. The molecule has 0 aromatic carbocycles. The summed E-state index contributed by atoms with van der Waals surface area (Å²) in [6.45, 7) is 14.7. The second kappa shape index (κ2) is 10.6. The molecule has 0 aliphatic rings. The summed E-state index contributed by atoms with van der Waals surface area (Å²) in [6, 6.07) is 0. The number of hydrogen-bond acceptors (Lipinski definition) is 4. The molecule has 0 atom stereocenters. The topological polar surface area (TPSA) is 65.6 Å². The van der Waals surface area contributed by atoms with E-state index >= 15 is 0 Å². The highest BCUT2D eigenvalue weighted by atomic mass is 32.1. The molecule has 0 aromatic rings. The Morgan fingerprint density at radius 1 is 1.05 bits per heavy atom. The maximum absolute atomic E-state index is 11.4. The summed E-state index contributed by atoms with van der Waals surface area (Å²) in [4.78, 5) is 13.7. The molecule has 21 heavy (non-hydrogen) atoms. The average molecular weight is 318 g/mol. The number of alkyl carbamates (subject to hydrolysis) is 1. The van der Waals surface area contributed by atoms with Gasteiger partial charge in [0.15, 0.2) is 5.11 Å². The van der Waals surface area contributed by atoms with Crippen LogP contribution in [0.15, 0.2) is 0 Å². The molecule has 0 saturated heterocycles. The van der Waals surface area contributed by atoms with Gasteiger partial charge in [-0.15, -0.1) is 0 Å². The lowest BCUT2D eigenvalue weighted by molar-refractivity contribution is 0.0529. The fraction of sp³-hybridized carbons (Fsp3) is 0.857. The molecule has 7 heteroatoms. The predicted molar refractivity (Wildman–Crippen MR) is 90.6 cm³/mol. The van der Waals surface area contributed by atoms with Crippen molar-refractivity contribution < 1.29 is 9.53 Å². The highest BCUT2D eigenvalue weighted by Crippen LogP contribution is 2.05. The van der Waals surface area contributed by atoms with Crippen LogP contribution in [0.1, 0.15) is 34.6 Å². The van der Waals surface area contributed by atoms with Crippen molar-refractivity contribution in [2.24, 2.45) is 0 Å². The maximum atomic E-state index is 11.4. The zero-order valence-corrected chi connectivity index (χ0v) is 14.7. The standard InChI is InChI=1S/C14H30N4O2S/c1-6-18(7-2)11-10-16-12(21)15-8-9-17-13(19)20-14(3,4)5/h6-11H2,1-5H3,(H,17,19)(H2,15,16,21). The number of carbonyl (C=O) groups is 1. The first kappa shape index (κ1) is 19.9. The minimum absolute atomic E-state index is 0.412. The lowest BCUT2D eigenvalue weighted by Crippen LogP contribution is -2.43. The van der Waals surface area contributed by atoms with Gasteiger partial charge in [-0.2, -0.15) is 0 Å². The van der Waals surface area contributed by atoms with E-state index in [4.69, 9.17) is 17.0 Å². The van der Waals surface area contributed by atoms with Crippen molar-refractivity contribution >= 4 is 23.4 Å². The number of ether oxygens (including phenoxy) is 1. The Morgan fingerprint density at radius 2 is 1.57 bits per heavy atom. The van der Waals surface area contributed by atoms with Gasteiger partial charge in [0.05, 0.1) is 0 Å². The van der Waals surface area contributed by atoms with E-state index in [1.807, 2.05) is 20.8 Å². The highest BCUT2D eigenvalue weighted by Gasteiger charge is 2.15. The maximum Gasteiger partial charge on any atom is 0.407 e. The number of amides is 1. The fourth-order valence-corrected chi connectivity index (χ4v) is 1.79. The van der Waals surface area contributed by atoms with Gasteiger partial charge in [-0.3, -0.25) is 0 Å². The van der Waals surface area contributed by atoms with Gasteiger partial charge < -0.3 is 25.6 Å². The molecule has 3 N–H and O–H groups in total. The van der Waals surface area contributed by atoms with Gasteiger partial charge in [0.1, 0.15) is 5.60 Å². The van der Waals surface area contributed by atoms with Crippen LogP contribution in [0.4, 0.5) is 4.79 Å². The number of hydrogen-bond donors (Lipinski definition) is 3. The molecule has 0 spiro atoms. The molecule has 0 aromatic heterocycles. The number of rotatable bonds is 8. The summed E-state index contributed by atoms with van der Waals surface area (Å²) in [5.41, 5.74) is -0.473. The zero-order chi connectivity index (χ0) is 16.3. The predicted octanol–water partition coefficient (Wildman–Crippen LogP) is 1.32. The van der Waals surface area contributed by atoms with E-state index < -0.39 is 11.7 Å². The minimum atomic E-state index is -0.473. The lowest BCUT2D eigenvalue weighted by Gasteiger charge is -2.20. The number of nitrogens with zero attached hydrogens (tertiary/aromatic N) is 1. The Morgan fingerprint density at radius 3 is 2.10 bits per heavy atom. The van der Waals surface area contributed by atoms with Crippen molar-refractivity contribution in [1.29, 1.82) is 0 Å². The molecule has 1 amide bonds. The van der Waals surface area contributed by atoms with Crippen LogP contribution in [0.2, 0.25) is 0 Å². The molecule has 0 heterocycles. The molecule has 0 saturated carbocycles. The van der Waals surface area contributed by atoms with E-state index in [-0.39, 0.29) is 0 Å². The van der Waals surface area contributed by atoms with Crippen LogP contribution in [-0.2, 0) is 4.74 Å². The monoisotopic (exact) mass is 318 g/mol. The van der Waals surface area contributed by atoms with Crippen molar-refractivity contribution in [2.75, 3.05) is 39.3 Å². The molecule has 0 unspecified atom stereocenters. The Balaban J connectivity index is 3.60. The van der Waals surface area contributed by atoms with Gasteiger partial charge >= 0.3 is 6.09 Å². The first-order chi connectivity index (χ1) is 9.78. The van der Waals surface area contributed by atoms with Crippen LogP contribution in [0.5, 0.6) is 0 Å². The Kier molecular flexibility index (Phi) is 10.1. The number of likely N-dealkylation sites (N-methyl/N-ethyl adjacent to an activating group) is 1. The Labute approximate surface area is 134 Å². The van der Waals surface area contributed by atoms with Gasteiger partial charge in [0.25, 0.3) is 0 Å². The summed E-state index contributed by atoms with van der Waals surface area (Å²) in [5.74, 6) is 0. The molecule has 0 radical (unpaired) electrons. The molecule has 0 aliphatic heterocycles. The van der Waals surface area contributed by atoms with Gasteiger partial charge in [-0.1, -0.05) is 13.8 Å². The van der Waals surface area contributed by atoms with Gasteiger partial charge in [0.2, 0.25) is 0 Å². The quantitative estimate of drug-likeness (QED) is 0.463. The summed E-state index contributed by atoms with van der Waals surface area (Å²) in [7, 11) is 0. The van der Waals surface area contributed by atoms with E-state index in [2.05, 4.69) is 34.7 Å². The lowest BCUT2D eigenvalue weighted by atomic mass is 10.2. The molecule has 0 bridgehead atoms. The van der Waals surface area contributed by atoms with Crippen LogP contribution in [0.25, 0.3) is 0 Å². The number of thiocarbonyl (C=S) groups is 1.